The van der Waals surface area contributed by atoms with Crippen LogP contribution in [0.3, 0.4) is 0 Å². The van der Waals surface area contributed by atoms with Gasteiger partial charge in [0.15, 0.2) is 0 Å². The van der Waals surface area contributed by atoms with E-state index in [9.17, 15) is 0 Å². The van der Waals surface area contributed by atoms with Gasteiger partial charge in [0.1, 0.15) is 0 Å². The zero-order valence-electron chi connectivity index (χ0n) is 11.1. The summed E-state index contributed by atoms with van der Waals surface area (Å²) >= 11 is 0. The lowest BCUT2D eigenvalue weighted by Gasteiger charge is -2.16. The average molecular weight is 260 g/mol. The quantitative estimate of drug-likeness (QED) is 0.542. The molecule has 20 heavy (non-hydrogen) atoms. The minimum Gasteiger partial charge on any atom is -0.329 e. The largest absolute Gasteiger partial charge is 0.329 e. The van der Waals surface area contributed by atoms with Gasteiger partial charge in [0.2, 0.25) is 0 Å². The van der Waals surface area contributed by atoms with E-state index >= 15 is 0 Å². The Labute approximate surface area is 117 Å². The topological polar surface area (TPSA) is 52.0 Å². The van der Waals surface area contributed by atoms with Crippen molar-refractivity contribution in [3.8, 4) is 0 Å². The Bertz CT molecular complexity index is 895. The van der Waals surface area contributed by atoms with Crippen molar-refractivity contribution in [2.24, 2.45) is 11.5 Å². The number of benzene rings is 4. The summed E-state index contributed by atoms with van der Waals surface area (Å²) in [5.41, 5.74) is 13.1. The molecule has 0 bridgehead atoms. The van der Waals surface area contributed by atoms with Gasteiger partial charge in [-0.05, 0) is 37.9 Å². The minimum atomic E-state index is -0.112. The number of rotatable bonds is 2. The molecule has 0 aromatic heterocycles. The summed E-state index contributed by atoms with van der Waals surface area (Å²) in [6.45, 7) is 0.462. The van der Waals surface area contributed by atoms with E-state index in [2.05, 4.69) is 54.6 Å². The Morgan fingerprint density at radius 2 is 1.35 bits per heavy atom. The predicted molar refractivity (Wildman–Crippen MR) is 86.1 cm³/mol. The number of nitrogens with two attached hydrogens (primary N) is 2. The van der Waals surface area contributed by atoms with Crippen molar-refractivity contribution in [3.63, 3.8) is 0 Å². The van der Waals surface area contributed by atoms with Gasteiger partial charge < -0.3 is 11.5 Å². The molecule has 4 N–H and O–H groups in total. The van der Waals surface area contributed by atoms with E-state index in [1.54, 1.807) is 0 Å². The molecule has 4 aromatic rings. The number of hydrogen-bond acceptors (Lipinski definition) is 2. The van der Waals surface area contributed by atoms with Crippen LogP contribution < -0.4 is 11.5 Å². The fourth-order valence-electron chi connectivity index (χ4n) is 3.21. The normalized spacial score (nSPS) is 13.5. The molecule has 0 unspecified atom stereocenters. The van der Waals surface area contributed by atoms with E-state index in [4.69, 9.17) is 11.5 Å². The summed E-state index contributed by atoms with van der Waals surface area (Å²) in [6.07, 6.45) is 0. The van der Waals surface area contributed by atoms with Crippen molar-refractivity contribution < 1.29 is 0 Å². The van der Waals surface area contributed by atoms with E-state index < -0.39 is 0 Å². The first-order chi connectivity index (χ1) is 9.79. The van der Waals surface area contributed by atoms with E-state index in [1.165, 1.54) is 32.3 Å². The smallest absolute Gasteiger partial charge is 0.0425 e. The highest BCUT2D eigenvalue weighted by Crippen LogP contribution is 2.36. The maximum atomic E-state index is 6.17. The average Bonchev–Trinajstić information content (AvgIpc) is 2.51. The van der Waals surface area contributed by atoms with Crippen LogP contribution in [-0.2, 0) is 0 Å². The highest BCUT2D eigenvalue weighted by atomic mass is 14.7. The monoisotopic (exact) mass is 260 g/mol. The molecule has 0 saturated heterocycles. The van der Waals surface area contributed by atoms with Crippen molar-refractivity contribution in [2.75, 3.05) is 6.54 Å². The van der Waals surface area contributed by atoms with Gasteiger partial charge in [-0.2, -0.15) is 0 Å². The second-order valence-corrected chi connectivity index (χ2v) is 5.35. The van der Waals surface area contributed by atoms with Crippen LogP contribution in [0.15, 0.2) is 54.6 Å². The predicted octanol–water partition coefficient (Wildman–Crippen LogP) is 3.54. The van der Waals surface area contributed by atoms with Crippen LogP contribution in [0, 0.1) is 0 Å². The SMILES string of the molecule is NC[C@@H](N)c1ccc2ccc3cccc4ccc1c2c34. The first-order valence-corrected chi connectivity index (χ1v) is 6.91. The first-order valence-electron chi connectivity index (χ1n) is 6.91. The lowest BCUT2D eigenvalue weighted by Crippen LogP contribution is -2.20. The van der Waals surface area contributed by atoms with Crippen LogP contribution in [-0.4, -0.2) is 6.54 Å². The molecular weight excluding hydrogens is 244 g/mol. The summed E-state index contributed by atoms with van der Waals surface area (Å²) in [5.74, 6) is 0. The molecule has 0 aliphatic heterocycles. The fraction of sp³-hybridized carbons (Fsp3) is 0.111. The van der Waals surface area contributed by atoms with Crippen LogP contribution in [0.2, 0.25) is 0 Å². The lowest BCUT2D eigenvalue weighted by atomic mass is 9.90. The summed E-state index contributed by atoms with van der Waals surface area (Å²) in [4.78, 5) is 0. The van der Waals surface area contributed by atoms with Crippen LogP contribution in [0.4, 0.5) is 0 Å². The lowest BCUT2D eigenvalue weighted by molar-refractivity contribution is 0.743. The highest BCUT2D eigenvalue weighted by Gasteiger charge is 2.13. The van der Waals surface area contributed by atoms with Gasteiger partial charge in [-0.3, -0.25) is 0 Å². The Morgan fingerprint density at radius 3 is 2.05 bits per heavy atom. The molecule has 2 nitrogen and oxygen atoms in total. The minimum absolute atomic E-state index is 0.112. The first kappa shape index (κ1) is 11.6. The highest BCUT2D eigenvalue weighted by molar-refractivity contribution is 6.23. The standard InChI is InChI=1S/C18H16N2/c19-10-16(20)14-8-6-13-5-4-11-2-1-3-12-7-9-15(14)18(13)17(11)12/h1-9,16H,10,19-20H2/t16-/m1/s1. The van der Waals surface area contributed by atoms with Crippen LogP contribution in [0.1, 0.15) is 11.6 Å². The molecule has 0 spiro atoms. The van der Waals surface area contributed by atoms with Gasteiger partial charge in [0.05, 0.1) is 0 Å². The molecule has 0 radical (unpaired) electrons. The second-order valence-electron chi connectivity index (χ2n) is 5.35. The van der Waals surface area contributed by atoms with Crippen molar-refractivity contribution in [2.45, 2.75) is 6.04 Å². The van der Waals surface area contributed by atoms with E-state index in [0.717, 1.165) is 5.56 Å². The maximum absolute atomic E-state index is 6.17. The van der Waals surface area contributed by atoms with Gasteiger partial charge in [0, 0.05) is 12.6 Å². The third-order valence-corrected chi connectivity index (χ3v) is 4.22. The van der Waals surface area contributed by atoms with Crippen molar-refractivity contribution in [3.05, 3.63) is 60.2 Å². The maximum Gasteiger partial charge on any atom is 0.0425 e. The third-order valence-electron chi connectivity index (χ3n) is 4.22. The van der Waals surface area contributed by atoms with E-state index in [-0.39, 0.29) is 6.04 Å². The van der Waals surface area contributed by atoms with Crippen molar-refractivity contribution in [1.82, 2.24) is 0 Å². The summed E-state index contributed by atoms with van der Waals surface area (Å²) in [5, 5.41) is 7.68. The van der Waals surface area contributed by atoms with Gasteiger partial charge >= 0.3 is 0 Å². The van der Waals surface area contributed by atoms with Gasteiger partial charge in [-0.1, -0.05) is 54.6 Å². The van der Waals surface area contributed by atoms with Crippen LogP contribution in [0.25, 0.3) is 32.3 Å². The van der Waals surface area contributed by atoms with Gasteiger partial charge in [-0.25, -0.2) is 0 Å². The molecule has 1 atom stereocenters. The second kappa shape index (κ2) is 4.17. The summed E-state index contributed by atoms with van der Waals surface area (Å²) < 4.78 is 0. The number of hydrogen-bond donors (Lipinski definition) is 2. The Kier molecular flexibility index (Phi) is 2.43. The van der Waals surface area contributed by atoms with Crippen LogP contribution in [0.5, 0.6) is 0 Å². The molecular formula is C18H16N2. The molecule has 0 heterocycles. The molecule has 0 saturated carbocycles. The molecule has 2 heteroatoms. The Morgan fingerprint density at radius 1 is 0.750 bits per heavy atom. The van der Waals surface area contributed by atoms with Crippen molar-refractivity contribution >= 4 is 32.3 Å². The summed E-state index contributed by atoms with van der Waals surface area (Å²) in [6, 6.07) is 19.3. The molecule has 0 aliphatic rings. The fourth-order valence-corrected chi connectivity index (χ4v) is 3.21. The van der Waals surface area contributed by atoms with Gasteiger partial charge in [-0.15, -0.1) is 0 Å². The zero-order chi connectivity index (χ0) is 13.7. The zero-order valence-corrected chi connectivity index (χ0v) is 11.1. The molecule has 98 valence electrons. The molecule has 4 aromatic carbocycles. The molecule has 0 amide bonds. The molecule has 4 rings (SSSR count). The summed E-state index contributed by atoms with van der Waals surface area (Å²) in [7, 11) is 0. The van der Waals surface area contributed by atoms with Gasteiger partial charge in [0.25, 0.3) is 0 Å². The molecule has 0 fully saturated rings. The third kappa shape index (κ3) is 1.46. The van der Waals surface area contributed by atoms with Crippen LogP contribution >= 0.6 is 0 Å². The Balaban J connectivity index is 2.26. The Hall–Kier alpha value is -2.16. The van der Waals surface area contributed by atoms with E-state index in [1.807, 2.05) is 0 Å². The van der Waals surface area contributed by atoms with E-state index in [0.29, 0.717) is 6.54 Å². The van der Waals surface area contributed by atoms with Crippen molar-refractivity contribution in [1.29, 1.82) is 0 Å². The molecule has 0 aliphatic carbocycles.